The van der Waals surface area contributed by atoms with Gasteiger partial charge in [0.05, 0.1) is 25.6 Å². The quantitative estimate of drug-likeness (QED) is 0.531. The monoisotopic (exact) mass is 508 g/mol. The van der Waals surface area contributed by atoms with Crippen LogP contribution in [0.3, 0.4) is 0 Å². The first-order chi connectivity index (χ1) is 17.7. The van der Waals surface area contributed by atoms with Crippen molar-refractivity contribution in [3.05, 3.63) is 54.1 Å². The minimum absolute atomic E-state index is 0.0108. The van der Waals surface area contributed by atoms with Crippen LogP contribution in [0.15, 0.2) is 48.5 Å². The van der Waals surface area contributed by atoms with E-state index in [2.05, 4.69) is 10.6 Å². The Morgan fingerprint density at radius 1 is 1.14 bits per heavy atom. The number of anilines is 2. The van der Waals surface area contributed by atoms with Crippen LogP contribution in [-0.4, -0.2) is 71.6 Å². The number of carbonyl (C=O) groups is 3. The van der Waals surface area contributed by atoms with Gasteiger partial charge in [-0.2, -0.15) is 0 Å². The molecule has 0 spiro atoms. The average Bonchev–Trinajstić information content (AvgIpc) is 3.73. The van der Waals surface area contributed by atoms with Gasteiger partial charge in [-0.05, 0) is 50.1 Å². The second-order valence-corrected chi connectivity index (χ2v) is 10.2. The number of aliphatic hydroxyl groups excluding tert-OH is 1. The zero-order chi connectivity index (χ0) is 26.5. The molecule has 198 valence electrons. The van der Waals surface area contributed by atoms with E-state index in [4.69, 9.17) is 4.74 Å². The Bertz CT molecular complexity index is 1120. The van der Waals surface area contributed by atoms with E-state index in [0.29, 0.717) is 29.2 Å². The number of carbonyl (C=O) groups excluding carboxylic acids is 3. The number of amides is 4. The second kappa shape index (κ2) is 11.6. The fraction of sp³-hybridized carbons (Fsp3) is 0.464. The van der Waals surface area contributed by atoms with Crippen molar-refractivity contribution in [1.82, 2.24) is 9.80 Å². The molecule has 0 unspecified atom stereocenters. The van der Waals surface area contributed by atoms with Crippen molar-refractivity contribution >= 4 is 29.2 Å². The number of aliphatic hydroxyl groups is 1. The summed E-state index contributed by atoms with van der Waals surface area (Å²) in [5, 5.41) is 15.6. The molecule has 9 nitrogen and oxygen atoms in total. The summed E-state index contributed by atoms with van der Waals surface area (Å²) < 4.78 is 6.45. The Kier molecular flexibility index (Phi) is 8.33. The molecule has 1 saturated carbocycles. The molecule has 2 aromatic carbocycles. The fourth-order valence-corrected chi connectivity index (χ4v) is 4.41. The smallest absolute Gasteiger partial charge is 0.321 e. The first-order valence-corrected chi connectivity index (χ1v) is 12.8. The van der Waals surface area contributed by atoms with Gasteiger partial charge in [-0.3, -0.25) is 9.59 Å². The third-order valence-corrected chi connectivity index (χ3v) is 6.96. The summed E-state index contributed by atoms with van der Waals surface area (Å²) >= 11 is 0. The van der Waals surface area contributed by atoms with Crippen LogP contribution in [-0.2, 0) is 16.0 Å². The third-order valence-electron chi connectivity index (χ3n) is 6.96. The Labute approximate surface area is 217 Å². The van der Waals surface area contributed by atoms with Gasteiger partial charge in [-0.15, -0.1) is 0 Å². The highest BCUT2D eigenvalue weighted by atomic mass is 16.5. The number of urea groups is 1. The van der Waals surface area contributed by atoms with Crippen molar-refractivity contribution in [2.75, 3.05) is 37.4 Å². The number of likely N-dealkylation sites (N-methyl/N-ethyl adjacent to an activating group) is 1. The summed E-state index contributed by atoms with van der Waals surface area (Å²) in [6.07, 6.45) is 1.46. The van der Waals surface area contributed by atoms with Crippen LogP contribution in [0.2, 0.25) is 0 Å². The number of ether oxygens (including phenoxy) is 1. The van der Waals surface area contributed by atoms with Gasteiger partial charge in [-0.1, -0.05) is 25.1 Å². The lowest BCUT2D eigenvalue weighted by Gasteiger charge is -2.34. The molecule has 1 aliphatic carbocycles. The van der Waals surface area contributed by atoms with E-state index >= 15 is 0 Å². The highest BCUT2D eigenvalue weighted by molar-refractivity contribution is 5.94. The molecule has 1 aliphatic heterocycles. The Hall–Kier alpha value is -3.59. The summed E-state index contributed by atoms with van der Waals surface area (Å²) in [4.78, 5) is 41.7. The van der Waals surface area contributed by atoms with Crippen LogP contribution in [0, 0.1) is 11.8 Å². The second-order valence-electron chi connectivity index (χ2n) is 10.2. The van der Waals surface area contributed by atoms with Gasteiger partial charge in [0.25, 0.3) is 0 Å². The summed E-state index contributed by atoms with van der Waals surface area (Å²) in [7, 11) is 1.71. The Morgan fingerprint density at radius 3 is 2.54 bits per heavy atom. The van der Waals surface area contributed by atoms with Crippen LogP contribution in [0.5, 0.6) is 5.75 Å². The SMILES string of the molecule is C[C@H](CO)N1C[C@H](C)[C@H](CN(C)C(=O)Nc2ccccc2)Oc2ccc(NC(=O)C3CC3)cc2CC1=O. The molecule has 4 rings (SSSR count). The number of nitrogens with one attached hydrogen (secondary N) is 2. The standard InChI is InChI=1S/C28H36N4O5/c1-18-15-32(19(2)17-33)26(34)14-21-13-23(29-27(35)20-9-10-20)11-12-24(21)37-25(18)16-31(3)28(36)30-22-7-5-4-6-8-22/h4-8,11-13,18-20,25,33H,9-10,14-17H2,1-3H3,(H,29,35)(H,30,36)/t18-,19+,25-/m0/s1. The summed E-state index contributed by atoms with van der Waals surface area (Å²) in [5.74, 6) is 0.338. The van der Waals surface area contributed by atoms with Crippen LogP contribution < -0.4 is 15.4 Å². The molecule has 9 heteroatoms. The van der Waals surface area contributed by atoms with E-state index in [9.17, 15) is 19.5 Å². The van der Waals surface area contributed by atoms with Crippen LogP contribution in [0.25, 0.3) is 0 Å². The van der Waals surface area contributed by atoms with Crippen LogP contribution in [0.4, 0.5) is 16.2 Å². The van der Waals surface area contributed by atoms with E-state index in [1.807, 2.05) is 44.2 Å². The number of hydrogen-bond donors (Lipinski definition) is 3. The van der Waals surface area contributed by atoms with Gasteiger partial charge in [-0.25, -0.2) is 4.79 Å². The lowest BCUT2D eigenvalue weighted by molar-refractivity contribution is -0.134. The van der Waals surface area contributed by atoms with Gasteiger partial charge in [0, 0.05) is 42.4 Å². The number of nitrogens with zero attached hydrogens (tertiary/aromatic N) is 2. The average molecular weight is 509 g/mol. The maximum absolute atomic E-state index is 13.3. The number of rotatable bonds is 7. The fourth-order valence-electron chi connectivity index (χ4n) is 4.41. The minimum Gasteiger partial charge on any atom is -0.488 e. The zero-order valence-electron chi connectivity index (χ0n) is 21.6. The lowest BCUT2D eigenvalue weighted by atomic mass is 10.0. The predicted molar refractivity (Wildman–Crippen MR) is 141 cm³/mol. The van der Waals surface area contributed by atoms with Crippen molar-refractivity contribution in [2.24, 2.45) is 11.8 Å². The highest BCUT2D eigenvalue weighted by Crippen LogP contribution is 2.32. The molecule has 0 saturated heterocycles. The molecule has 37 heavy (non-hydrogen) atoms. The van der Waals surface area contributed by atoms with Crippen molar-refractivity contribution in [3.63, 3.8) is 0 Å². The van der Waals surface area contributed by atoms with E-state index in [1.165, 1.54) is 0 Å². The molecule has 0 radical (unpaired) electrons. The molecule has 1 heterocycles. The van der Waals surface area contributed by atoms with E-state index in [1.54, 1.807) is 35.0 Å². The molecular formula is C28H36N4O5. The van der Waals surface area contributed by atoms with Crippen molar-refractivity contribution in [1.29, 1.82) is 0 Å². The number of para-hydroxylation sites is 1. The maximum atomic E-state index is 13.3. The number of hydrogen-bond acceptors (Lipinski definition) is 5. The molecule has 0 bridgehead atoms. The predicted octanol–water partition coefficient (Wildman–Crippen LogP) is 3.35. The molecule has 0 aromatic heterocycles. The minimum atomic E-state index is -0.420. The Morgan fingerprint density at radius 2 is 1.86 bits per heavy atom. The number of fused-ring (bicyclic) bond motifs is 1. The van der Waals surface area contributed by atoms with Gasteiger partial charge < -0.3 is 30.3 Å². The van der Waals surface area contributed by atoms with Crippen molar-refractivity contribution < 1.29 is 24.2 Å². The first-order valence-electron chi connectivity index (χ1n) is 12.8. The van der Waals surface area contributed by atoms with E-state index < -0.39 is 6.10 Å². The molecule has 1 fully saturated rings. The highest BCUT2D eigenvalue weighted by Gasteiger charge is 2.33. The van der Waals surface area contributed by atoms with Gasteiger partial charge >= 0.3 is 6.03 Å². The van der Waals surface area contributed by atoms with Crippen LogP contribution in [0.1, 0.15) is 32.3 Å². The largest absolute Gasteiger partial charge is 0.488 e. The first kappa shape index (κ1) is 26.5. The third kappa shape index (κ3) is 6.80. The summed E-state index contributed by atoms with van der Waals surface area (Å²) in [5.41, 5.74) is 1.98. The van der Waals surface area contributed by atoms with E-state index in [-0.39, 0.29) is 55.3 Å². The molecule has 3 atom stereocenters. The van der Waals surface area contributed by atoms with Gasteiger partial charge in [0.2, 0.25) is 11.8 Å². The number of benzene rings is 2. The van der Waals surface area contributed by atoms with Gasteiger partial charge in [0.15, 0.2) is 0 Å². The van der Waals surface area contributed by atoms with Gasteiger partial charge in [0.1, 0.15) is 11.9 Å². The van der Waals surface area contributed by atoms with Crippen molar-refractivity contribution in [3.8, 4) is 5.75 Å². The maximum Gasteiger partial charge on any atom is 0.321 e. The molecule has 4 amide bonds. The molecule has 2 aliphatic rings. The Balaban J connectivity index is 1.57. The summed E-state index contributed by atoms with van der Waals surface area (Å²) in [6.45, 7) is 4.29. The zero-order valence-corrected chi connectivity index (χ0v) is 21.6. The molecular weight excluding hydrogens is 472 g/mol. The molecule has 2 aromatic rings. The van der Waals surface area contributed by atoms with Crippen LogP contribution >= 0.6 is 0 Å². The molecule has 3 N–H and O–H groups in total. The van der Waals surface area contributed by atoms with Crippen molar-refractivity contribution in [2.45, 2.75) is 45.3 Å². The topological polar surface area (TPSA) is 111 Å². The van der Waals surface area contributed by atoms with E-state index in [0.717, 1.165) is 12.8 Å². The normalized spacial score (nSPS) is 20.4. The lowest BCUT2D eigenvalue weighted by Crippen LogP contribution is -2.48. The summed E-state index contributed by atoms with van der Waals surface area (Å²) in [6, 6.07) is 13.9.